The van der Waals surface area contributed by atoms with Gasteiger partial charge in [-0.2, -0.15) is 0 Å². The van der Waals surface area contributed by atoms with Crippen LogP contribution in [0.3, 0.4) is 0 Å². The van der Waals surface area contributed by atoms with E-state index in [1.807, 2.05) is 25.1 Å². The van der Waals surface area contributed by atoms with Crippen LogP contribution in [0.2, 0.25) is 0 Å². The van der Waals surface area contributed by atoms with Crippen LogP contribution in [-0.4, -0.2) is 11.1 Å². The van der Waals surface area contributed by atoms with Crippen LogP contribution >= 0.6 is 0 Å². The van der Waals surface area contributed by atoms with Gasteiger partial charge in [-0.25, -0.2) is 0 Å². The van der Waals surface area contributed by atoms with Crippen molar-refractivity contribution in [2.45, 2.75) is 19.8 Å². The first-order chi connectivity index (χ1) is 8.15. The summed E-state index contributed by atoms with van der Waals surface area (Å²) < 4.78 is 0. The number of carboxylic acid groups (broad SMARTS) is 1. The highest BCUT2D eigenvalue weighted by atomic mass is 16.4. The predicted molar refractivity (Wildman–Crippen MR) is 68.7 cm³/mol. The lowest BCUT2D eigenvalue weighted by atomic mass is 9.89. The van der Waals surface area contributed by atoms with Crippen LogP contribution < -0.4 is 0 Å². The first-order valence-electron chi connectivity index (χ1n) is 5.81. The van der Waals surface area contributed by atoms with Crippen LogP contribution in [0.5, 0.6) is 0 Å². The van der Waals surface area contributed by atoms with E-state index in [4.69, 9.17) is 5.11 Å². The molecule has 2 nitrogen and oxygen atoms in total. The Morgan fingerprint density at radius 1 is 1.35 bits per heavy atom. The second-order valence-corrected chi connectivity index (χ2v) is 4.50. The van der Waals surface area contributed by atoms with Crippen LogP contribution in [0.15, 0.2) is 42.0 Å². The van der Waals surface area contributed by atoms with Gasteiger partial charge >= 0.3 is 5.97 Å². The summed E-state index contributed by atoms with van der Waals surface area (Å²) in [6.45, 7) is 2.01. The van der Waals surface area contributed by atoms with Crippen molar-refractivity contribution in [2.24, 2.45) is 5.92 Å². The fraction of sp³-hybridized carbons (Fsp3) is 0.267. The molecule has 1 unspecified atom stereocenters. The number of aliphatic carboxylic acids is 1. The lowest BCUT2D eigenvalue weighted by Crippen LogP contribution is -2.10. The van der Waals surface area contributed by atoms with Gasteiger partial charge in [0.15, 0.2) is 0 Å². The Balaban J connectivity index is 2.34. The Kier molecular flexibility index (Phi) is 3.43. The minimum atomic E-state index is -0.735. The first-order valence-corrected chi connectivity index (χ1v) is 5.81. The van der Waals surface area contributed by atoms with E-state index in [9.17, 15) is 4.79 Å². The summed E-state index contributed by atoms with van der Waals surface area (Å²) in [6, 6.07) is 8.16. The molecule has 88 valence electrons. The van der Waals surface area contributed by atoms with Crippen molar-refractivity contribution in [3.8, 4) is 0 Å². The molecular formula is C15H16O2. The molecule has 0 heterocycles. The van der Waals surface area contributed by atoms with Crippen LogP contribution in [0.25, 0.3) is 6.08 Å². The highest BCUT2D eigenvalue weighted by molar-refractivity contribution is 5.68. The molecule has 1 atom stereocenters. The average molecular weight is 228 g/mol. The van der Waals surface area contributed by atoms with Gasteiger partial charge in [-0.05, 0) is 30.4 Å². The Morgan fingerprint density at radius 2 is 2.12 bits per heavy atom. The van der Waals surface area contributed by atoms with Crippen LogP contribution in [0.4, 0.5) is 0 Å². The van der Waals surface area contributed by atoms with E-state index in [0.29, 0.717) is 0 Å². The monoisotopic (exact) mass is 228 g/mol. The summed E-state index contributed by atoms with van der Waals surface area (Å²) in [4.78, 5) is 10.8. The van der Waals surface area contributed by atoms with E-state index in [2.05, 4.69) is 24.3 Å². The molecule has 0 spiro atoms. The number of hydrogen-bond acceptors (Lipinski definition) is 1. The number of fused-ring (bicyclic) bond motifs is 1. The van der Waals surface area contributed by atoms with Gasteiger partial charge in [0.1, 0.15) is 0 Å². The van der Waals surface area contributed by atoms with Crippen molar-refractivity contribution in [3.63, 3.8) is 0 Å². The van der Waals surface area contributed by atoms with Crippen LogP contribution in [0.1, 0.15) is 24.5 Å². The lowest BCUT2D eigenvalue weighted by Gasteiger charge is -2.15. The highest BCUT2D eigenvalue weighted by Crippen LogP contribution is 2.23. The van der Waals surface area contributed by atoms with E-state index in [1.54, 1.807) is 0 Å². The molecule has 17 heavy (non-hydrogen) atoms. The molecule has 1 aromatic rings. The van der Waals surface area contributed by atoms with E-state index in [1.165, 1.54) is 11.1 Å². The molecule has 0 aliphatic heterocycles. The number of benzene rings is 1. The Labute approximate surface area is 101 Å². The summed E-state index contributed by atoms with van der Waals surface area (Å²) in [5, 5.41) is 8.91. The molecule has 0 bridgehead atoms. The number of allylic oxidation sites excluding steroid dienone is 3. The van der Waals surface area contributed by atoms with E-state index in [0.717, 1.165) is 12.0 Å². The van der Waals surface area contributed by atoms with Gasteiger partial charge in [-0.3, -0.25) is 4.79 Å². The van der Waals surface area contributed by atoms with Gasteiger partial charge in [-0.15, -0.1) is 0 Å². The minimum absolute atomic E-state index is 0.0820. The smallest absolute Gasteiger partial charge is 0.303 e. The Morgan fingerprint density at radius 3 is 2.88 bits per heavy atom. The quantitative estimate of drug-likeness (QED) is 0.843. The molecule has 0 radical (unpaired) electrons. The molecule has 2 rings (SSSR count). The van der Waals surface area contributed by atoms with Crippen molar-refractivity contribution in [1.82, 2.24) is 0 Å². The fourth-order valence-corrected chi connectivity index (χ4v) is 2.23. The molecule has 1 N–H and O–H groups in total. The van der Waals surface area contributed by atoms with Gasteiger partial charge < -0.3 is 5.11 Å². The van der Waals surface area contributed by atoms with Gasteiger partial charge in [-0.1, -0.05) is 48.1 Å². The molecule has 0 aromatic heterocycles. The molecule has 0 saturated carbocycles. The second-order valence-electron chi connectivity index (χ2n) is 4.50. The van der Waals surface area contributed by atoms with E-state index < -0.39 is 5.97 Å². The molecule has 1 aliphatic carbocycles. The molecule has 1 aliphatic rings. The SMILES string of the molecule is CC1=C/C(CC(=O)O)Cc2ccccc2/C=C\1. The third kappa shape index (κ3) is 3.06. The fourth-order valence-electron chi connectivity index (χ4n) is 2.23. The van der Waals surface area contributed by atoms with Crippen LogP contribution in [0, 0.1) is 5.92 Å². The van der Waals surface area contributed by atoms with Gasteiger partial charge in [0.25, 0.3) is 0 Å². The summed E-state index contributed by atoms with van der Waals surface area (Å²) in [5.41, 5.74) is 3.54. The average Bonchev–Trinajstić information content (AvgIpc) is 2.24. The topological polar surface area (TPSA) is 37.3 Å². The maximum Gasteiger partial charge on any atom is 0.303 e. The lowest BCUT2D eigenvalue weighted by molar-refractivity contribution is -0.137. The molecule has 0 saturated heterocycles. The van der Waals surface area contributed by atoms with E-state index >= 15 is 0 Å². The maximum absolute atomic E-state index is 10.8. The molecule has 0 fully saturated rings. The highest BCUT2D eigenvalue weighted by Gasteiger charge is 2.14. The molecule has 1 aromatic carbocycles. The number of rotatable bonds is 2. The van der Waals surface area contributed by atoms with Gasteiger partial charge in [0.05, 0.1) is 6.42 Å². The summed E-state index contributed by atoms with van der Waals surface area (Å²) in [6.07, 6.45) is 7.19. The number of hydrogen-bond donors (Lipinski definition) is 1. The second kappa shape index (κ2) is 5.00. The Bertz CT molecular complexity index is 483. The minimum Gasteiger partial charge on any atom is -0.481 e. The summed E-state index contributed by atoms with van der Waals surface area (Å²) in [7, 11) is 0. The zero-order valence-corrected chi connectivity index (χ0v) is 9.89. The first kappa shape index (κ1) is 11.6. The summed E-state index contributed by atoms with van der Waals surface area (Å²) in [5.74, 6) is -0.653. The van der Waals surface area contributed by atoms with Crippen molar-refractivity contribution in [2.75, 3.05) is 0 Å². The van der Waals surface area contributed by atoms with Crippen molar-refractivity contribution in [1.29, 1.82) is 0 Å². The zero-order chi connectivity index (χ0) is 12.3. The van der Waals surface area contributed by atoms with Crippen molar-refractivity contribution < 1.29 is 9.90 Å². The zero-order valence-electron chi connectivity index (χ0n) is 9.89. The number of carbonyl (C=O) groups is 1. The van der Waals surface area contributed by atoms with Crippen molar-refractivity contribution in [3.05, 3.63) is 53.1 Å². The van der Waals surface area contributed by atoms with E-state index in [-0.39, 0.29) is 12.3 Å². The largest absolute Gasteiger partial charge is 0.481 e. The third-order valence-electron chi connectivity index (χ3n) is 3.00. The molecular weight excluding hydrogens is 212 g/mol. The molecule has 0 amide bonds. The summed E-state index contributed by atoms with van der Waals surface area (Å²) >= 11 is 0. The normalized spacial score (nSPS) is 23.8. The van der Waals surface area contributed by atoms with Gasteiger partial charge in [0, 0.05) is 0 Å². The third-order valence-corrected chi connectivity index (χ3v) is 3.00. The number of carboxylic acids is 1. The van der Waals surface area contributed by atoms with Gasteiger partial charge in [0.2, 0.25) is 0 Å². The van der Waals surface area contributed by atoms with Crippen molar-refractivity contribution >= 4 is 12.0 Å². The maximum atomic E-state index is 10.8. The van der Waals surface area contributed by atoms with Crippen LogP contribution in [-0.2, 0) is 11.2 Å². The predicted octanol–water partition coefficient (Wildman–Crippen LogP) is 3.29. The molecule has 2 heteroatoms. The standard InChI is InChI=1S/C15H16O2/c1-11-6-7-13-4-2-3-5-14(13)9-12(8-11)10-15(16)17/h2-8,12H,9-10H2,1H3,(H,16,17)/b7-6-,11-8-. The Hall–Kier alpha value is -1.83.